The summed E-state index contributed by atoms with van der Waals surface area (Å²) in [6.45, 7) is 0.225. The first kappa shape index (κ1) is 14.3. The van der Waals surface area contributed by atoms with Crippen molar-refractivity contribution in [3.63, 3.8) is 0 Å². The van der Waals surface area contributed by atoms with Gasteiger partial charge in [0.15, 0.2) is 5.76 Å². The molecule has 7 heteroatoms. The highest BCUT2D eigenvalue weighted by Gasteiger charge is 2.44. The highest BCUT2D eigenvalue weighted by molar-refractivity contribution is 6.30. The Hall–Kier alpha value is -2.34. The molecule has 3 amide bonds. The van der Waals surface area contributed by atoms with Crippen LogP contribution >= 0.6 is 11.6 Å². The molecule has 1 saturated carbocycles. The van der Waals surface area contributed by atoms with Gasteiger partial charge in [-0.2, -0.15) is 0 Å². The Balaban J connectivity index is 1.50. The van der Waals surface area contributed by atoms with Gasteiger partial charge in [0.05, 0.1) is 6.20 Å². The van der Waals surface area contributed by atoms with E-state index in [9.17, 15) is 9.59 Å². The van der Waals surface area contributed by atoms with Crippen LogP contribution in [0.15, 0.2) is 34.9 Å². The second-order valence-corrected chi connectivity index (χ2v) is 6.18. The van der Waals surface area contributed by atoms with Crippen LogP contribution in [0.4, 0.5) is 4.79 Å². The van der Waals surface area contributed by atoms with Gasteiger partial charge in [-0.15, -0.1) is 0 Å². The molecule has 0 radical (unpaired) electrons. The molecule has 2 fully saturated rings. The standard InChI is InChI=1S/C16H14ClN3O3/c17-11-3-1-10(2-4-11)13-7-18-14(23-13)8-20-15(21)9-19(16(20)22)12-5-6-12/h1-4,7,12H,5-6,8-9H2. The third kappa shape index (κ3) is 2.70. The summed E-state index contributed by atoms with van der Waals surface area (Å²) in [6.07, 6.45) is 3.54. The number of benzene rings is 1. The van der Waals surface area contributed by atoms with Gasteiger partial charge < -0.3 is 9.32 Å². The monoisotopic (exact) mass is 331 g/mol. The van der Waals surface area contributed by atoms with Crippen molar-refractivity contribution >= 4 is 23.5 Å². The summed E-state index contributed by atoms with van der Waals surface area (Å²) in [6, 6.07) is 7.16. The van der Waals surface area contributed by atoms with Crippen LogP contribution in [0.1, 0.15) is 18.7 Å². The number of urea groups is 1. The number of aromatic nitrogens is 1. The number of amides is 3. The summed E-state index contributed by atoms with van der Waals surface area (Å²) in [7, 11) is 0. The van der Waals surface area contributed by atoms with Crippen molar-refractivity contribution in [3.05, 3.63) is 41.4 Å². The number of nitrogens with zero attached hydrogens (tertiary/aromatic N) is 3. The summed E-state index contributed by atoms with van der Waals surface area (Å²) >= 11 is 5.86. The molecule has 1 aromatic heterocycles. The first-order chi connectivity index (χ1) is 11.1. The van der Waals surface area contributed by atoms with Crippen molar-refractivity contribution in [3.8, 4) is 11.3 Å². The number of rotatable bonds is 4. The predicted octanol–water partition coefficient (Wildman–Crippen LogP) is 2.92. The second-order valence-electron chi connectivity index (χ2n) is 5.75. The van der Waals surface area contributed by atoms with Crippen LogP contribution in [0.2, 0.25) is 5.02 Å². The SMILES string of the molecule is O=C1CN(C2CC2)C(=O)N1Cc1ncc(-c2ccc(Cl)cc2)o1. The minimum absolute atomic E-state index is 0.0640. The molecule has 0 bridgehead atoms. The zero-order valence-electron chi connectivity index (χ0n) is 12.2. The van der Waals surface area contributed by atoms with E-state index in [1.165, 1.54) is 4.90 Å². The van der Waals surface area contributed by atoms with Crippen LogP contribution in [0.5, 0.6) is 0 Å². The average molecular weight is 332 g/mol. The van der Waals surface area contributed by atoms with Gasteiger partial charge in [-0.05, 0) is 37.1 Å². The number of hydrogen-bond acceptors (Lipinski definition) is 4. The molecule has 2 aliphatic rings. The van der Waals surface area contributed by atoms with Gasteiger partial charge in [0.25, 0.3) is 5.91 Å². The van der Waals surface area contributed by atoms with Crippen LogP contribution < -0.4 is 0 Å². The summed E-state index contributed by atoms with van der Waals surface area (Å²) in [5.41, 5.74) is 0.840. The lowest BCUT2D eigenvalue weighted by Gasteiger charge is -2.14. The summed E-state index contributed by atoms with van der Waals surface area (Å²) in [4.78, 5) is 31.3. The molecule has 0 atom stereocenters. The second kappa shape index (κ2) is 5.38. The first-order valence-electron chi connectivity index (χ1n) is 7.43. The molecular formula is C16H14ClN3O3. The highest BCUT2D eigenvalue weighted by Crippen LogP contribution is 2.31. The van der Waals surface area contributed by atoms with E-state index in [2.05, 4.69) is 4.98 Å². The maximum Gasteiger partial charge on any atom is 0.327 e. The van der Waals surface area contributed by atoms with Gasteiger partial charge in [0.1, 0.15) is 13.1 Å². The molecule has 2 heterocycles. The smallest absolute Gasteiger partial charge is 0.327 e. The molecule has 1 aromatic carbocycles. The van der Waals surface area contributed by atoms with E-state index >= 15 is 0 Å². The molecule has 1 aliphatic heterocycles. The number of halogens is 1. The van der Waals surface area contributed by atoms with Gasteiger partial charge in [-0.1, -0.05) is 11.6 Å². The number of carbonyl (C=O) groups is 2. The maximum absolute atomic E-state index is 12.3. The van der Waals surface area contributed by atoms with Crippen molar-refractivity contribution in [1.29, 1.82) is 0 Å². The summed E-state index contributed by atoms with van der Waals surface area (Å²) < 4.78 is 5.66. The molecule has 0 unspecified atom stereocenters. The number of hydrogen-bond donors (Lipinski definition) is 0. The Bertz CT molecular complexity index is 767. The molecule has 0 N–H and O–H groups in total. The van der Waals surface area contributed by atoms with Crippen molar-refractivity contribution in [2.75, 3.05) is 6.54 Å². The third-order valence-corrected chi connectivity index (χ3v) is 4.30. The molecule has 4 rings (SSSR count). The molecule has 118 valence electrons. The lowest BCUT2D eigenvalue weighted by atomic mass is 10.2. The normalized spacial score (nSPS) is 18.1. The van der Waals surface area contributed by atoms with Gasteiger partial charge >= 0.3 is 6.03 Å². The Morgan fingerprint density at radius 3 is 2.65 bits per heavy atom. The van der Waals surface area contributed by atoms with Gasteiger partial charge in [0, 0.05) is 16.6 Å². The molecule has 0 spiro atoms. The Morgan fingerprint density at radius 2 is 1.96 bits per heavy atom. The molecule has 1 aliphatic carbocycles. The average Bonchev–Trinajstić information content (AvgIpc) is 3.22. The Kier molecular flexibility index (Phi) is 3.34. The zero-order chi connectivity index (χ0) is 16.0. The lowest BCUT2D eigenvalue weighted by molar-refractivity contribution is -0.126. The van der Waals surface area contributed by atoms with Crippen LogP contribution in [-0.4, -0.2) is 39.3 Å². The van der Waals surface area contributed by atoms with Crippen LogP contribution in [0, 0.1) is 0 Å². The van der Waals surface area contributed by atoms with Crippen LogP contribution in [0.25, 0.3) is 11.3 Å². The maximum atomic E-state index is 12.3. The van der Waals surface area contributed by atoms with Gasteiger partial charge in [-0.25, -0.2) is 9.78 Å². The molecule has 6 nitrogen and oxygen atoms in total. The van der Waals surface area contributed by atoms with E-state index in [-0.39, 0.29) is 31.1 Å². The molecule has 1 saturated heterocycles. The predicted molar refractivity (Wildman–Crippen MR) is 82.6 cm³/mol. The molecule has 2 aromatic rings. The quantitative estimate of drug-likeness (QED) is 0.808. The van der Waals surface area contributed by atoms with E-state index in [0.29, 0.717) is 16.7 Å². The first-order valence-corrected chi connectivity index (χ1v) is 7.81. The minimum atomic E-state index is -0.247. The van der Waals surface area contributed by atoms with Crippen LogP contribution in [0.3, 0.4) is 0 Å². The molecule has 23 heavy (non-hydrogen) atoms. The van der Waals surface area contributed by atoms with Crippen molar-refractivity contribution in [2.45, 2.75) is 25.4 Å². The fourth-order valence-corrected chi connectivity index (χ4v) is 2.78. The Morgan fingerprint density at radius 1 is 1.22 bits per heavy atom. The van der Waals surface area contributed by atoms with E-state index in [0.717, 1.165) is 18.4 Å². The van der Waals surface area contributed by atoms with Crippen molar-refractivity contribution in [2.24, 2.45) is 0 Å². The summed E-state index contributed by atoms with van der Waals surface area (Å²) in [5.74, 6) is 0.720. The van der Waals surface area contributed by atoms with Crippen molar-refractivity contribution in [1.82, 2.24) is 14.8 Å². The fraction of sp³-hybridized carbons (Fsp3) is 0.312. The number of imide groups is 1. The molecular weight excluding hydrogens is 318 g/mol. The number of oxazole rings is 1. The third-order valence-electron chi connectivity index (χ3n) is 4.05. The van der Waals surface area contributed by atoms with E-state index in [4.69, 9.17) is 16.0 Å². The topological polar surface area (TPSA) is 66.7 Å². The zero-order valence-corrected chi connectivity index (χ0v) is 13.0. The van der Waals surface area contributed by atoms with Gasteiger partial charge in [0.2, 0.25) is 5.89 Å². The van der Waals surface area contributed by atoms with Gasteiger partial charge in [-0.3, -0.25) is 9.69 Å². The van der Waals surface area contributed by atoms with E-state index in [1.54, 1.807) is 23.2 Å². The fourth-order valence-electron chi connectivity index (χ4n) is 2.65. The minimum Gasteiger partial charge on any atom is -0.439 e. The summed E-state index contributed by atoms with van der Waals surface area (Å²) in [5, 5.41) is 0.641. The Labute approximate surface area is 137 Å². The number of carbonyl (C=O) groups excluding carboxylic acids is 2. The van der Waals surface area contributed by atoms with Crippen LogP contribution in [-0.2, 0) is 11.3 Å². The lowest BCUT2D eigenvalue weighted by Crippen LogP contribution is -2.33. The van der Waals surface area contributed by atoms with E-state index < -0.39 is 0 Å². The largest absolute Gasteiger partial charge is 0.439 e. The highest BCUT2D eigenvalue weighted by atomic mass is 35.5. The van der Waals surface area contributed by atoms with E-state index in [1.807, 2.05) is 12.1 Å². The van der Waals surface area contributed by atoms with Crippen molar-refractivity contribution < 1.29 is 14.0 Å².